The molecule has 2 rings (SSSR count). The Morgan fingerprint density at radius 2 is 2.05 bits per heavy atom. The highest BCUT2D eigenvalue weighted by atomic mass is 19.4. The molecule has 0 saturated carbocycles. The van der Waals surface area contributed by atoms with Crippen molar-refractivity contribution in [3.05, 3.63) is 47.5 Å². The molecule has 2 aromatic rings. The van der Waals surface area contributed by atoms with Crippen LogP contribution in [0.3, 0.4) is 0 Å². The molecule has 0 amide bonds. The van der Waals surface area contributed by atoms with Crippen molar-refractivity contribution in [3.8, 4) is 0 Å². The third-order valence-electron chi connectivity index (χ3n) is 2.22. The second-order valence-electron chi connectivity index (χ2n) is 3.75. The summed E-state index contributed by atoms with van der Waals surface area (Å²) in [6.07, 6.45) is -2.23. The number of hydrazone groups is 1. The Morgan fingerprint density at radius 1 is 1.26 bits per heavy atom. The quantitative estimate of drug-likeness (QED) is 0.685. The highest BCUT2D eigenvalue weighted by Gasteiger charge is 2.30. The number of anilines is 1. The van der Waals surface area contributed by atoms with Gasteiger partial charge in [-0.15, -0.1) is 0 Å². The van der Waals surface area contributed by atoms with Crippen molar-refractivity contribution >= 4 is 12.0 Å². The summed E-state index contributed by atoms with van der Waals surface area (Å²) in [6.45, 7) is 1.79. The third-order valence-corrected chi connectivity index (χ3v) is 2.22. The highest BCUT2D eigenvalue weighted by molar-refractivity contribution is 5.76. The summed E-state index contributed by atoms with van der Waals surface area (Å²) < 4.78 is 42.1. The van der Waals surface area contributed by atoms with E-state index in [2.05, 4.69) is 15.5 Å². The Hall–Kier alpha value is -2.31. The molecule has 0 aliphatic rings. The highest BCUT2D eigenvalue weighted by Crippen LogP contribution is 2.28. The SMILES string of the molecule is Cc1ccc(/C=N/Nc2ccc(C(F)(F)F)cn2)o1. The van der Waals surface area contributed by atoms with Gasteiger partial charge in [-0.2, -0.15) is 18.3 Å². The maximum absolute atomic E-state index is 12.3. The molecule has 19 heavy (non-hydrogen) atoms. The molecule has 0 saturated heterocycles. The lowest BCUT2D eigenvalue weighted by atomic mass is 10.3. The van der Waals surface area contributed by atoms with Crippen LogP contribution in [-0.4, -0.2) is 11.2 Å². The van der Waals surface area contributed by atoms with Gasteiger partial charge in [0.1, 0.15) is 17.3 Å². The van der Waals surface area contributed by atoms with Gasteiger partial charge in [0, 0.05) is 6.20 Å². The van der Waals surface area contributed by atoms with E-state index < -0.39 is 11.7 Å². The van der Waals surface area contributed by atoms with Gasteiger partial charge in [0.05, 0.1) is 11.8 Å². The first-order valence-electron chi connectivity index (χ1n) is 5.34. The summed E-state index contributed by atoms with van der Waals surface area (Å²) in [5.74, 6) is 1.50. The van der Waals surface area contributed by atoms with Crippen LogP contribution in [0.25, 0.3) is 0 Å². The van der Waals surface area contributed by atoms with Crippen LogP contribution < -0.4 is 5.43 Å². The largest absolute Gasteiger partial charge is 0.460 e. The standard InChI is InChI=1S/C12H10F3N3O/c1-8-2-4-10(19-8)7-17-18-11-5-3-9(6-16-11)12(13,14)15/h2-7H,1H3,(H,16,18)/b17-7+. The zero-order valence-corrected chi connectivity index (χ0v) is 9.90. The number of halogens is 3. The van der Waals surface area contributed by atoms with Crippen molar-refractivity contribution in [1.29, 1.82) is 0 Å². The molecule has 0 aromatic carbocycles. The van der Waals surface area contributed by atoms with E-state index in [4.69, 9.17) is 4.42 Å². The van der Waals surface area contributed by atoms with E-state index in [9.17, 15) is 13.2 Å². The number of nitrogens with zero attached hydrogens (tertiary/aromatic N) is 2. The molecule has 7 heteroatoms. The fourth-order valence-corrected chi connectivity index (χ4v) is 1.31. The van der Waals surface area contributed by atoms with Gasteiger partial charge in [-0.1, -0.05) is 0 Å². The van der Waals surface area contributed by atoms with Crippen LogP contribution in [0.1, 0.15) is 17.1 Å². The first kappa shape index (κ1) is 13.1. The lowest BCUT2D eigenvalue weighted by Crippen LogP contribution is -2.05. The molecule has 0 bridgehead atoms. The number of hydrogen-bond donors (Lipinski definition) is 1. The van der Waals surface area contributed by atoms with E-state index in [0.717, 1.165) is 18.0 Å². The molecule has 0 spiro atoms. The van der Waals surface area contributed by atoms with E-state index in [-0.39, 0.29) is 5.82 Å². The van der Waals surface area contributed by atoms with Gasteiger partial charge in [-0.25, -0.2) is 4.98 Å². The van der Waals surface area contributed by atoms with Crippen molar-refractivity contribution < 1.29 is 17.6 Å². The molecule has 1 N–H and O–H groups in total. The maximum Gasteiger partial charge on any atom is 0.417 e. The summed E-state index contributed by atoms with van der Waals surface area (Å²) in [7, 11) is 0. The number of nitrogens with one attached hydrogen (secondary N) is 1. The number of aromatic nitrogens is 1. The van der Waals surface area contributed by atoms with E-state index in [1.54, 1.807) is 19.1 Å². The van der Waals surface area contributed by atoms with E-state index in [1.165, 1.54) is 12.3 Å². The Morgan fingerprint density at radius 3 is 2.58 bits per heavy atom. The fourth-order valence-electron chi connectivity index (χ4n) is 1.31. The molecule has 0 radical (unpaired) electrons. The second kappa shape index (κ2) is 5.13. The van der Waals surface area contributed by atoms with Crippen LogP contribution >= 0.6 is 0 Å². The minimum Gasteiger partial charge on any atom is -0.460 e. The minimum absolute atomic E-state index is 0.215. The predicted molar refractivity (Wildman–Crippen MR) is 63.9 cm³/mol. The zero-order valence-electron chi connectivity index (χ0n) is 9.90. The minimum atomic E-state index is -4.39. The number of alkyl halides is 3. The smallest absolute Gasteiger partial charge is 0.417 e. The lowest BCUT2D eigenvalue weighted by Gasteiger charge is -2.06. The molecular weight excluding hydrogens is 259 g/mol. The van der Waals surface area contributed by atoms with Gasteiger partial charge in [0.2, 0.25) is 0 Å². The molecule has 100 valence electrons. The predicted octanol–water partition coefficient (Wildman–Crippen LogP) is 3.45. The van der Waals surface area contributed by atoms with Gasteiger partial charge in [-0.05, 0) is 31.2 Å². The average molecular weight is 269 g/mol. The molecule has 0 unspecified atom stereocenters. The topological polar surface area (TPSA) is 50.4 Å². The van der Waals surface area contributed by atoms with Gasteiger partial charge < -0.3 is 4.42 Å². The van der Waals surface area contributed by atoms with Crippen molar-refractivity contribution in [2.75, 3.05) is 5.43 Å². The number of pyridine rings is 1. The van der Waals surface area contributed by atoms with Crippen LogP contribution in [0.5, 0.6) is 0 Å². The molecule has 0 atom stereocenters. The molecule has 2 heterocycles. The number of furan rings is 1. The van der Waals surface area contributed by atoms with E-state index in [0.29, 0.717) is 5.76 Å². The van der Waals surface area contributed by atoms with Crippen LogP contribution in [0, 0.1) is 6.92 Å². The lowest BCUT2D eigenvalue weighted by molar-refractivity contribution is -0.137. The molecule has 2 aromatic heterocycles. The summed E-state index contributed by atoms with van der Waals surface area (Å²) in [4.78, 5) is 3.61. The second-order valence-corrected chi connectivity index (χ2v) is 3.75. The van der Waals surface area contributed by atoms with Crippen molar-refractivity contribution in [1.82, 2.24) is 4.98 Å². The average Bonchev–Trinajstić information content (AvgIpc) is 2.75. The number of aryl methyl sites for hydroxylation is 1. The van der Waals surface area contributed by atoms with Crippen LogP contribution in [0.2, 0.25) is 0 Å². The first-order chi connectivity index (χ1) is 8.95. The Bertz CT molecular complexity index is 573. The van der Waals surface area contributed by atoms with E-state index in [1.807, 2.05) is 0 Å². The normalized spacial score (nSPS) is 12.0. The third kappa shape index (κ3) is 3.57. The Kier molecular flexibility index (Phi) is 3.55. The number of rotatable bonds is 3. The summed E-state index contributed by atoms with van der Waals surface area (Å²) in [5, 5.41) is 3.80. The molecular formula is C12H10F3N3O. The van der Waals surface area contributed by atoms with Crippen molar-refractivity contribution in [2.24, 2.45) is 5.10 Å². The van der Waals surface area contributed by atoms with Gasteiger partial charge in [0.15, 0.2) is 0 Å². The van der Waals surface area contributed by atoms with Gasteiger partial charge >= 0.3 is 6.18 Å². The first-order valence-corrected chi connectivity index (χ1v) is 5.34. The van der Waals surface area contributed by atoms with Gasteiger partial charge in [-0.3, -0.25) is 5.43 Å². The summed E-state index contributed by atoms with van der Waals surface area (Å²) >= 11 is 0. The van der Waals surface area contributed by atoms with Crippen LogP contribution in [0.15, 0.2) is 40.0 Å². The molecule has 0 fully saturated rings. The monoisotopic (exact) mass is 269 g/mol. The number of hydrogen-bond acceptors (Lipinski definition) is 4. The Labute approximate surface area is 107 Å². The molecule has 0 aliphatic heterocycles. The zero-order chi connectivity index (χ0) is 13.9. The van der Waals surface area contributed by atoms with Crippen molar-refractivity contribution in [2.45, 2.75) is 13.1 Å². The van der Waals surface area contributed by atoms with Crippen molar-refractivity contribution in [3.63, 3.8) is 0 Å². The fraction of sp³-hybridized carbons (Fsp3) is 0.167. The molecule has 0 aliphatic carbocycles. The van der Waals surface area contributed by atoms with Gasteiger partial charge in [0.25, 0.3) is 0 Å². The summed E-state index contributed by atoms with van der Waals surface area (Å²) in [5.41, 5.74) is 1.71. The maximum atomic E-state index is 12.3. The van der Waals surface area contributed by atoms with Crippen LogP contribution in [-0.2, 0) is 6.18 Å². The molecule has 4 nitrogen and oxygen atoms in total. The van der Waals surface area contributed by atoms with Crippen LogP contribution in [0.4, 0.5) is 19.0 Å². The summed E-state index contributed by atoms with van der Waals surface area (Å²) in [6, 6.07) is 5.63. The Balaban J connectivity index is 1.98. The van der Waals surface area contributed by atoms with E-state index >= 15 is 0 Å².